The molecule has 7 heteroatoms. The number of rotatable bonds is 4. The number of nitrogens with zero attached hydrogens (tertiary/aromatic N) is 2. The summed E-state index contributed by atoms with van der Waals surface area (Å²) in [4.78, 5) is 8.42. The molecule has 1 aliphatic rings. The number of aromatic nitrogens is 2. The molecule has 0 aliphatic heterocycles. The average Bonchev–Trinajstić information content (AvgIpc) is 2.63. The first kappa shape index (κ1) is 17.9. The fraction of sp³-hybridized carbons (Fsp3) is 0.300. The highest BCUT2D eigenvalue weighted by molar-refractivity contribution is 6.29. The number of fused-ring (bicyclic) bond motifs is 1. The van der Waals surface area contributed by atoms with Crippen molar-refractivity contribution in [3.05, 3.63) is 53.9 Å². The van der Waals surface area contributed by atoms with Crippen molar-refractivity contribution in [2.24, 2.45) is 0 Å². The lowest BCUT2D eigenvalue weighted by molar-refractivity contribution is -0.0695. The zero-order chi connectivity index (χ0) is 18.9. The Kier molecular flexibility index (Phi) is 4.83. The first-order valence-electron chi connectivity index (χ1n) is 8.80. The van der Waals surface area contributed by atoms with Crippen molar-refractivity contribution in [2.75, 3.05) is 5.32 Å². The van der Waals surface area contributed by atoms with Crippen LogP contribution < -0.4 is 10.1 Å². The Morgan fingerprint density at radius 2 is 2.04 bits per heavy atom. The lowest BCUT2D eigenvalue weighted by Crippen LogP contribution is -2.32. The predicted molar refractivity (Wildman–Crippen MR) is 102 cm³/mol. The minimum absolute atomic E-state index is 0.0508. The summed E-state index contributed by atoms with van der Waals surface area (Å²) in [7, 11) is 0. The number of halogens is 3. The van der Waals surface area contributed by atoms with Crippen LogP contribution in [0, 0.1) is 0 Å². The van der Waals surface area contributed by atoms with Gasteiger partial charge in [-0.25, -0.2) is 18.7 Å². The maximum absolute atomic E-state index is 13.6. The highest BCUT2D eigenvalue weighted by atomic mass is 35.5. The van der Waals surface area contributed by atoms with Crippen LogP contribution in [0.1, 0.15) is 25.7 Å². The van der Waals surface area contributed by atoms with Crippen LogP contribution in [0.5, 0.6) is 5.75 Å². The zero-order valence-corrected chi connectivity index (χ0v) is 15.2. The van der Waals surface area contributed by atoms with E-state index >= 15 is 0 Å². The van der Waals surface area contributed by atoms with Gasteiger partial charge in [-0.1, -0.05) is 11.6 Å². The van der Waals surface area contributed by atoms with Gasteiger partial charge >= 0.3 is 0 Å². The Labute approximate surface area is 160 Å². The second-order valence-electron chi connectivity index (χ2n) is 6.73. The van der Waals surface area contributed by atoms with Crippen molar-refractivity contribution in [3.63, 3.8) is 0 Å². The molecule has 0 bridgehead atoms. The van der Waals surface area contributed by atoms with Gasteiger partial charge in [0.15, 0.2) is 0 Å². The van der Waals surface area contributed by atoms with E-state index in [0.29, 0.717) is 29.6 Å². The molecule has 3 aromatic rings. The maximum atomic E-state index is 13.6. The number of hydrogen-bond donors (Lipinski definition) is 1. The fourth-order valence-electron chi connectivity index (χ4n) is 3.33. The van der Waals surface area contributed by atoms with E-state index in [-0.39, 0.29) is 12.8 Å². The number of anilines is 2. The van der Waals surface area contributed by atoms with E-state index in [4.69, 9.17) is 16.3 Å². The molecule has 4 rings (SSSR count). The fourth-order valence-corrected chi connectivity index (χ4v) is 3.45. The summed E-state index contributed by atoms with van der Waals surface area (Å²) in [6.07, 6.45) is 3.73. The van der Waals surface area contributed by atoms with Crippen molar-refractivity contribution in [1.29, 1.82) is 0 Å². The van der Waals surface area contributed by atoms with Gasteiger partial charge in [-0.2, -0.15) is 0 Å². The first-order valence-corrected chi connectivity index (χ1v) is 9.18. The second kappa shape index (κ2) is 7.27. The van der Waals surface area contributed by atoms with Gasteiger partial charge in [-0.05, 0) is 54.6 Å². The lowest BCUT2D eigenvalue weighted by atomic mass is 9.94. The Hall–Kier alpha value is -2.47. The van der Waals surface area contributed by atoms with Gasteiger partial charge in [0, 0.05) is 24.4 Å². The third-order valence-electron chi connectivity index (χ3n) is 4.62. The summed E-state index contributed by atoms with van der Waals surface area (Å²) < 4.78 is 33.0. The van der Waals surface area contributed by atoms with Crippen molar-refractivity contribution in [3.8, 4) is 5.75 Å². The highest BCUT2D eigenvalue weighted by Crippen LogP contribution is 2.36. The monoisotopic (exact) mass is 389 g/mol. The maximum Gasteiger partial charge on any atom is 0.251 e. The van der Waals surface area contributed by atoms with Crippen LogP contribution in [0.15, 0.2) is 48.8 Å². The van der Waals surface area contributed by atoms with Crippen molar-refractivity contribution < 1.29 is 13.5 Å². The zero-order valence-electron chi connectivity index (χ0n) is 14.5. The molecule has 0 spiro atoms. The van der Waals surface area contributed by atoms with Crippen LogP contribution in [-0.4, -0.2) is 22.0 Å². The van der Waals surface area contributed by atoms with E-state index in [1.54, 1.807) is 24.5 Å². The Morgan fingerprint density at radius 1 is 1.15 bits per heavy atom. The Bertz CT molecular complexity index is 950. The van der Waals surface area contributed by atoms with Crippen LogP contribution >= 0.6 is 11.6 Å². The molecular formula is C20H18ClF2N3O. The molecule has 140 valence electrons. The number of ether oxygens (including phenoxy) is 1. The molecule has 27 heavy (non-hydrogen) atoms. The van der Waals surface area contributed by atoms with E-state index in [1.165, 1.54) is 0 Å². The number of hydrogen-bond acceptors (Lipinski definition) is 4. The minimum atomic E-state index is -2.63. The molecule has 0 amide bonds. The van der Waals surface area contributed by atoms with Crippen molar-refractivity contribution in [2.45, 2.75) is 37.7 Å². The van der Waals surface area contributed by atoms with Crippen LogP contribution in [0.4, 0.5) is 20.3 Å². The number of alkyl halides is 2. The predicted octanol–water partition coefficient (Wildman–Crippen LogP) is 5.98. The molecule has 1 unspecified atom stereocenters. The highest BCUT2D eigenvalue weighted by Gasteiger charge is 2.37. The van der Waals surface area contributed by atoms with E-state index < -0.39 is 12.0 Å². The molecule has 1 saturated carbocycles. The minimum Gasteiger partial charge on any atom is -0.490 e. The van der Waals surface area contributed by atoms with Gasteiger partial charge in [-0.15, -0.1) is 0 Å². The standard InChI is InChI=1S/C20H18ClF2N3O/c21-18-6-3-14(12-25-18)26-19-17-5-4-15(10-13(17)7-9-24-19)27-16-2-1-8-20(22,23)11-16/h3-7,9-10,12,16H,1-2,8,11H2,(H,24,26). The lowest BCUT2D eigenvalue weighted by Gasteiger charge is -2.29. The summed E-state index contributed by atoms with van der Waals surface area (Å²) >= 11 is 5.81. The second-order valence-corrected chi connectivity index (χ2v) is 7.12. The molecule has 0 radical (unpaired) electrons. The Balaban J connectivity index is 1.55. The first-order chi connectivity index (χ1) is 13.0. The van der Waals surface area contributed by atoms with Crippen LogP contribution in [-0.2, 0) is 0 Å². The van der Waals surface area contributed by atoms with Gasteiger partial charge in [-0.3, -0.25) is 0 Å². The van der Waals surface area contributed by atoms with Gasteiger partial charge in [0.2, 0.25) is 0 Å². The van der Waals surface area contributed by atoms with Crippen LogP contribution in [0.3, 0.4) is 0 Å². The summed E-state index contributed by atoms with van der Waals surface area (Å²) in [6.45, 7) is 0. The smallest absolute Gasteiger partial charge is 0.251 e. The number of benzene rings is 1. The third kappa shape index (κ3) is 4.27. The third-order valence-corrected chi connectivity index (χ3v) is 4.85. The molecule has 1 atom stereocenters. The molecule has 2 aromatic heterocycles. The molecule has 2 heterocycles. The molecule has 1 N–H and O–H groups in total. The quantitative estimate of drug-likeness (QED) is 0.557. The summed E-state index contributed by atoms with van der Waals surface area (Å²) in [5, 5.41) is 5.44. The largest absolute Gasteiger partial charge is 0.490 e. The van der Waals surface area contributed by atoms with E-state index in [2.05, 4.69) is 15.3 Å². The summed E-state index contributed by atoms with van der Waals surface area (Å²) in [6, 6.07) is 10.9. The molecule has 1 fully saturated rings. The van der Waals surface area contributed by atoms with Crippen LogP contribution in [0.2, 0.25) is 5.15 Å². The van der Waals surface area contributed by atoms with E-state index in [9.17, 15) is 8.78 Å². The summed E-state index contributed by atoms with van der Waals surface area (Å²) in [5.74, 6) is -1.37. The number of nitrogens with one attached hydrogen (secondary N) is 1. The molecule has 4 nitrogen and oxygen atoms in total. The number of pyridine rings is 2. The van der Waals surface area contributed by atoms with E-state index in [0.717, 1.165) is 16.5 Å². The topological polar surface area (TPSA) is 47.0 Å². The SMILES string of the molecule is FC1(F)CCCC(Oc2ccc3c(Nc4ccc(Cl)nc4)nccc3c2)C1. The molecule has 0 saturated heterocycles. The van der Waals surface area contributed by atoms with E-state index in [1.807, 2.05) is 24.3 Å². The molecule has 1 aromatic carbocycles. The Morgan fingerprint density at radius 3 is 2.81 bits per heavy atom. The van der Waals surface area contributed by atoms with Gasteiger partial charge in [0.05, 0.1) is 11.9 Å². The molecular weight excluding hydrogens is 372 g/mol. The summed E-state index contributed by atoms with van der Waals surface area (Å²) in [5.41, 5.74) is 0.768. The van der Waals surface area contributed by atoms with Crippen molar-refractivity contribution >= 4 is 33.9 Å². The normalized spacial score (nSPS) is 19.0. The average molecular weight is 390 g/mol. The molecule has 1 aliphatic carbocycles. The van der Waals surface area contributed by atoms with Gasteiger partial charge < -0.3 is 10.1 Å². The van der Waals surface area contributed by atoms with Gasteiger partial charge in [0.25, 0.3) is 5.92 Å². The van der Waals surface area contributed by atoms with Gasteiger partial charge in [0.1, 0.15) is 22.8 Å². The van der Waals surface area contributed by atoms with Crippen molar-refractivity contribution in [1.82, 2.24) is 9.97 Å². The van der Waals surface area contributed by atoms with Crippen LogP contribution in [0.25, 0.3) is 10.8 Å².